The molecule has 1 aromatic carbocycles. The molecular formula is C29H44N6O6. The van der Waals surface area contributed by atoms with Gasteiger partial charge in [0.2, 0.25) is 0 Å². The van der Waals surface area contributed by atoms with E-state index in [9.17, 15) is 14.7 Å². The molecule has 1 atom stereocenters. The predicted molar refractivity (Wildman–Crippen MR) is 158 cm³/mol. The maximum atomic E-state index is 13.2. The molecule has 2 amide bonds. The van der Waals surface area contributed by atoms with Gasteiger partial charge in [-0.1, -0.05) is 31.6 Å². The second-order valence-electron chi connectivity index (χ2n) is 9.60. The van der Waals surface area contributed by atoms with Gasteiger partial charge < -0.3 is 35.4 Å². The number of ether oxygens (including phenoxy) is 3. The SMILES string of the molecule is CCC/C=C(/C=C\C=C(/C)NC(=O)c1cc2c(cc1OC)CCN(C(=O)OCCOC)C2)C(=N\N)\N(N)C(C)CO. The van der Waals surface area contributed by atoms with Crippen LogP contribution in [0.15, 0.2) is 52.8 Å². The van der Waals surface area contributed by atoms with Crippen LogP contribution in [-0.2, 0) is 22.4 Å². The number of amides is 2. The Kier molecular flexibility index (Phi) is 13.9. The van der Waals surface area contributed by atoms with Crippen molar-refractivity contribution in [2.75, 3.05) is 40.6 Å². The summed E-state index contributed by atoms with van der Waals surface area (Å²) in [6, 6.07) is 3.23. The number of carbonyl (C=O) groups excluding carboxylic acids is 2. The quantitative estimate of drug-likeness (QED) is 0.0694. The average Bonchev–Trinajstić information content (AvgIpc) is 2.98. The monoisotopic (exact) mass is 572 g/mol. The predicted octanol–water partition coefficient (Wildman–Crippen LogP) is 2.58. The van der Waals surface area contributed by atoms with Crippen molar-refractivity contribution in [2.24, 2.45) is 16.8 Å². The molecule has 0 spiro atoms. The molecule has 0 saturated heterocycles. The number of hydrogen-bond donors (Lipinski definition) is 4. The van der Waals surface area contributed by atoms with Crippen molar-refractivity contribution >= 4 is 17.8 Å². The number of allylic oxidation sites excluding steroid dienone is 4. The molecular weight excluding hydrogens is 528 g/mol. The van der Waals surface area contributed by atoms with Gasteiger partial charge in [0, 0.05) is 31.5 Å². The third kappa shape index (κ3) is 9.62. The van der Waals surface area contributed by atoms with E-state index in [2.05, 4.69) is 17.3 Å². The summed E-state index contributed by atoms with van der Waals surface area (Å²) >= 11 is 0. The Morgan fingerprint density at radius 2 is 2.02 bits per heavy atom. The molecule has 0 saturated carbocycles. The van der Waals surface area contributed by atoms with Crippen molar-refractivity contribution in [1.29, 1.82) is 0 Å². The number of aliphatic hydroxyl groups is 1. The lowest BCUT2D eigenvalue weighted by atomic mass is 9.96. The number of unbranched alkanes of at least 4 members (excludes halogenated alkanes) is 1. The topological polar surface area (TPSA) is 165 Å². The molecule has 0 bridgehead atoms. The summed E-state index contributed by atoms with van der Waals surface area (Å²) in [6.07, 6.45) is 9.15. The number of fused-ring (bicyclic) bond motifs is 1. The minimum atomic E-state index is -0.418. The first-order valence-electron chi connectivity index (χ1n) is 13.6. The molecule has 0 aliphatic carbocycles. The van der Waals surface area contributed by atoms with E-state index >= 15 is 0 Å². The van der Waals surface area contributed by atoms with E-state index in [-0.39, 0.29) is 25.2 Å². The Morgan fingerprint density at radius 3 is 2.66 bits per heavy atom. The third-order valence-electron chi connectivity index (χ3n) is 6.50. The van der Waals surface area contributed by atoms with Crippen molar-refractivity contribution in [3.63, 3.8) is 0 Å². The fourth-order valence-corrected chi connectivity index (χ4v) is 4.10. The number of carbonyl (C=O) groups is 2. The van der Waals surface area contributed by atoms with Gasteiger partial charge in [-0.05, 0) is 56.0 Å². The van der Waals surface area contributed by atoms with Crippen LogP contribution in [0.3, 0.4) is 0 Å². The summed E-state index contributed by atoms with van der Waals surface area (Å²) in [6.45, 7) is 6.75. The van der Waals surface area contributed by atoms with Gasteiger partial charge >= 0.3 is 6.09 Å². The molecule has 1 heterocycles. The highest BCUT2D eigenvalue weighted by Crippen LogP contribution is 2.28. The number of benzene rings is 1. The lowest BCUT2D eigenvalue weighted by Crippen LogP contribution is -2.47. The molecule has 0 radical (unpaired) electrons. The van der Waals surface area contributed by atoms with Gasteiger partial charge in [-0.3, -0.25) is 9.80 Å². The first-order chi connectivity index (χ1) is 19.7. The Morgan fingerprint density at radius 1 is 1.27 bits per heavy atom. The first kappa shape index (κ1) is 33.3. The first-order valence-corrected chi connectivity index (χ1v) is 13.6. The zero-order valence-electron chi connectivity index (χ0n) is 24.7. The molecule has 1 aliphatic rings. The van der Waals surface area contributed by atoms with Crippen LogP contribution in [0.25, 0.3) is 0 Å². The van der Waals surface area contributed by atoms with E-state index in [1.54, 1.807) is 50.2 Å². The smallest absolute Gasteiger partial charge is 0.410 e. The Labute approximate surface area is 242 Å². The van der Waals surface area contributed by atoms with Crippen molar-refractivity contribution < 1.29 is 28.9 Å². The summed E-state index contributed by atoms with van der Waals surface area (Å²) in [7, 11) is 3.06. The van der Waals surface area contributed by atoms with Crippen LogP contribution in [0, 0.1) is 0 Å². The van der Waals surface area contributed by atoms with E-state index in [0.717, 1.165) is 24.0 Å². The summed E-state index contributed by atoms with van der Waals surface area (Å²) in [5.74, 6) is 12.2. The molecule has 0 fully saturated rings. The number of amidine groups is 1. The van der Waals surface area contributed by atoms with E-state index in [1.165, 1.54) is 12.1 Å². The fourth-order valence-electron chi connectivity index (χ4n) is 4.10. The zero-order valence-corrected chi connectivity index (χ0v) is 24.7. The number of aliphatic hydroxyl groups excluding tert-OH is 1. The Hall–Kier alpha value is -3.87. The highest BCUT2D eigenvalue weighted by Gasteiger charge is 2.25. The number of hydrazone groups is 1. The molecule has 6 N–H and O–H groups in total. The van der Waals surface area contributed by atoms with Crippen molar-refractivity contribution in [3.8, 4) is 5.75 Å². The van der Waals surface area contributed by atoms with Gasteiger partial charge in [-0.2, -0.15) is 5.10 Å². The second-order valence-corrected chi connectivity index (χ2v) is 9.60. The number of nitrogens with two attached hydrogens (primary N) is 2. The van der Waals surface area contributed by atoms with Crippen LogP contribution < -0.4 is 21.7 Å². The molecule has 0 aromatic heterocycles. The van der Waals surface area contributed by atoms with Gasteiger partial charge in [-0.15, -0.1) is 0 Å². The third-order valence-corrected chi connectivity index (χ3v) is 6.50. The normalized spacial score (nSPS) is 15.0. The summed E-state index contributed by atoms with van der Waals surface area (Å²) in [5.41, 5.74) is 3.51. The molecule has 12 nitrogen and oxygen atoms in total. The second kappa shape index (κ2) is 17.1. The molecule has 1 aromatic rings. The highest BCUT2D eigenvalue weighted by atomic mass is 16.6. The van der Waals surface area contributed by atoms with E-state index in [4.69, 9.17) is 25.9 Å². The molecule has 226 valence electrons. The minimum absolute atomic E-state index is 0.159. The minimum Gasteiger partial charge on any atom is -0.496 e. The molecule has 2 rings (SSSR count). The Balaban J connectivity index is 2.19. The largest absolute Gasteiger partial charge is 0.496 e. The Bertz CT molecular complexity index is 1160. The summed E-state index contributed by atoms with van der Waals surface area (Å²) < 4.78 is 15.7. The number of hydrogen-bond acceptors (Lipinski definition) is 9. The van der Waals surface area contributed by atoms with Gasteiger partial charge in [0.15, 0.2) is 5.84 Å². The number of rotatable bonds is 13. The van der Waals surface area contributed by atoms with Crippen LogP contribution in [0.2, 0.25) is 0 Å². The maximum Gasteiger partial charge on any atom is 0.410 e. The fraction of sp³-hybridized carbons (Fsp3) is 0.483. The van der Waals surface area contributed by atoms with Crippen molar-refractivity contribution in [2.45, 2.75) is 52.6 Å². The van der Waals surface area contributed by atoms with Crippen LogP contribution >= 0.6 is 0 Å². The van der Waals surface area contributed by atoms with Crippen LogP contribution in [0.4, 0.5) is 4.79 Å². The van der Waals surface area contributed by atoms with Crippen molar-refractivity contribution in [3.05, 3.63) is 64.4 Å². The van der Waals surface area contributed by atoms with Gasteiger partial charge in [0.05, 0.1) is 31.9 Å². The number of nitrogens with zero attached hydrogens (tertiary/aromatic N) is 3. The molecule has 1 aliphatic heterocycles. The van der Waals surface area contributed by atoms with E-state index < -0.39 is 6.09 Å². The molecule has 41 heavy (non-hydrogen) atoms. The maximum absolute atomic E-state index is 13.2. The van der Waals surface area contributed by atoms with E-state index in [0.29, 0.717) is 54.5 Å². The average molecular weight is 573 g/mol. The van der Waals surface area contributed by atoms with Crippen molar-refractivity contribution in [1.82, 2.24) is 15.2 Å². The van der Waals surface area contributed by atoms with E-state index in [1.807, 2.05) is 12.1 Å². The van der Waals surface area contributed by atoms with Crippen LogP contribution in [0.5, 0.6) is 5.75 Å². The number of methoxy groups -OCH3 is 2. The summed E-state index contributed by atoms with van der Waals surface area (Å²) in [4.78, 5) is 27.3. The van der Waals surface area contributed by atoms with Gasteiger partial charge in [-0.25, -0.2) is 10.6 Å². The molecule has 12 heteroatoms. The summed E-state index contributed by atoms with van der Waals surface area (Å²) in [5, 5.41) is 17.5. The zero-order chi connectivity index (χ0) is 30.4. The van der Waals surface area contributed by atoms with Crippen LogP contribution in [-0.4, -0.2) is 79.5 Å². The number of nitrogens with one attached hydrogen (secondary N) is 1. The number of hydrazine groups is 1. The van der Waals surface area contributed by atoms with Crippen LogP contribution in [0.1, 0.15) is 55.1 Å². The van der Waals surface area contributed by atoms with Gasteiger partial charge in [0.1, 0.15) is 12.4 Å². The lowest BCUT2D eigenvalue weighted by Gasteiger charge is -2.29. The highest BCUT2D eigenvalue weighted by molar-refractivity contribution is 6.00. The standard InChI is InChI=1S/C29H44N6O6/c1-6-7-10-22(27(33-30)35(31)21(3)19-36)11-8-9-20(2)32-28(37)25-16-24-18-34(29(38)41-15-14-39-4)13-12-23(24)17-26(25)40-5/h8-11,16-17,21,36H,6-7,12-15,18-19,30-31H2,1-5H3,(H,32,37)/b11-8-,20-9+,22-10-,33-27-. The lowest BCUT2D eigenvalue weighted by molar-refractivity contribution is 0.0688. The molecule has 1 unspecified atom stereocenters. The van der Waals surface area contributed by atoms with Gasteiger partial charge in [0.25, 0.3) is 5.91 Å².